The first kappa shape index (κ1) is 34.9. The van der Waals surface area contributed by atoms with Gasteiger partial charge in [0, 0.05) is 18.4 Å². The number of anilines is 1. The fraction of sp³-hybridized carbons (Fsp3) is 0.545. The second-order valence-electron chi connectivity index (χ2n) is 10.4. The zero-order chi connectivity index (χ0) is 28.3. The predicted molar refractivity (Wildman–Crippen MR) is 178 cm³/mol. The van der Waals surface area contributed by atoms with Gasteiger partial charge in [-0.2, -0.15) is 0 Å². The monoisotopic (exact) mass is 648 g/mol. The molecule has 1 amide bonds. The molecule has 0 saturated heterocycles. The number of ether oxygens (including phenoxy) is 3. The highest BCUT2D eigenvalue weighted by Gasteiger charge is 2.14. The van der Waals surface area contributed by atoms with Crippen LogP contribution in [-0.2, 0) is 11.3 Å². The Balaban J connectivity index is 0.00000588. The first-order valence-electron chi connectivity index (χ1n) is 15.0. The smallest absolute Gasteiger partial charge is 0.262 e. The number of hydrogen-bond acceptors (Lipinski definition) is 6. The molecule has 8 heteroatoms. The van der Waals surface area contributed by atoms with Gasteiger partial charge in [-0.25, -0.2) is 0 Å². The van der Waals surface area contributed by atoms with Crippen molar-refractivity contribution >= 4 is 40.3 Å². The number of unbranched alkanes of at least 4 members (excludes halogenated alkanes) is 11. The van der Waals surface area contributed by atoms with Crippen LogP contribution in [0.15, 0.2) is 54.1 Å². The van der Waals surface area contributed by atoms with Gasteiger partial charge in [0.05, 0.1) is 19.6 Å². The summed E-state index contributed by atoms with van der Waals surface area (Å²) in [5, 5.41) is 5.01. The average molecular weight is 650 g/mol. The van der Waals surface area contributed by atoms with Gasteiger partial charge in [-0.3, -0.25) is 4.79 Å². The summed E-state index contributed by atoms with van der Waals surface area (Å²) in [6, 6.07) is 13.4. The molecule has 41 heavy (non-hydrogen) atoms. The molecule has 228 valence electrons. The minimum Gasteiger partial charge on any atom is -0.493 e. The van der Waals surface area contributed by atoms with E-state index in [4.69, 9.17) is 14.2 Å². The highest BCUT2D eigenvalue weighted by atomic mass is 79.9. The van der Waals surface area contributed by atoms with Gasteiger partial charge in [0.1, 0.15) is 0 Å². The SMILES string of the molecule is Br.CCCCCCCCCCCCCCOc1c(OC)cccc1OCC(=O)Nc1ccc(CN2C=CSC2)cc1. The number of carbonyl (C=O) groups excluding carboxylic acids is 1. The van der Waals surface area contributed by atoms with Crippen molar-refractivity contribution in [2.75, 3.05) is 31.5 Å². The standard InChI is InChI=1S/C33H48N2O4S.BrH/c1-3-4-5-6-7-8-9-10-11-12-13-14-23-38-33-30(37-2)16-15-17-31(33)39-26-32(36)34-29-20-18-28(19-21-29)25-35-22-24-40-27-35;/h15-22,24H,3-14,23,25-27H2,1-2H3,(H,34,36);1H. The van der Waals surface area contributed by atoms with Gasteiger partial charge in [-0.05, 0) is 41.7 Å². The van der Waals surface area contributed by atoms with Gasteiger partial charge in [0.25, 0.3) is 5.91 Å². The zero-order valence-electron chi connectivity index (χ0n) is 24.9. The van der Waals surface area contributed by atoms with Crippen LogP contribution in [0.25, 0.3) is 0 Å². The minimum absolute atomic E-state index is 0. The van der Waals surface area contributed by atoms with E-state index in [9.17, 15) is 4.79 Å². The number of nitrogens with zero attached hydrogens (tertiary/aromatic N) is 1. The number of halogens is 1. The average Bonchev–Trinajstić information content (AvgIpc) is 3.49. The molecule has 1 aliphatic rings. The van der Waals surface area contributed by atoms with E-state index < -0.39 is 0 Å². The Bertz CT molecular complexity index is 1020. The van der Waals surface area contributed by atoms with E-state index in [0.29, 0.717) is 23.9 Å². The van der Waals surface area contributed by atoms with Crippen LogP contribution >= 0.6 is 28.7 Å². The zero-order valence-corrected chi connectivity index (χ0v) is 27.4. The third kappa shape index (κ3) is 13.9. The van der Waals surface area contributed by atoms with Crippen molar-refractivity contribution in [3.8, 4) is 17.2 Å². The van der Waals surface area contributed by atoms with Crippen LogP contribution in [-0.4, -0.2) is 37.0 Å². The van der Waals surface area contributed by atoms with Crippen LogP contribution in [0.3, 0.4) is 0 Å². The lowest BCUT2D eigenvalue weighted by Crippen LogP contribution is -2.20. The maximum absolute atomic E-state index is 12.6. The number of thioether (sulfide) groups is 1. The number of rotatable bonds is 21. The van der Waals surface area contributed by atoms with Crippen LogP contribution < -0.4 is 19.5 Å². The van der Waals surface area contributed by atoms with Crippen molar-refractivity contribution in [3.05, 3.63) is 59.6 Å². The molecule has 1 aliphatic heterocycles. The molecule has 1 N–H and O–H groups in total. The number of methoxy groups -OCH3 is 1. The molecule has 2 aromatic rings. The van der Waals surface area contributed by atoms with Crippen molar-refractivity contribution in [3.63, 3.8) is 0 Å². The molecule has 0 unspecified atom stereocenters. The van der Waals surface area contributed by atoms with E-state index in [0.717, 1.165) is 31.0 Å². The number of amides is 1. The minimum atomic E-state index is -0.221. The van der Waals surface area contributed by atoms with Crippen LogP contribution in [0.2, 0.25) is 0 Å². The van der Waals surface area contributed by atoms with Crippen molar-refractivity contribution < 1.29 is 19.0 Å². The van der Waals surface area contributed by atoms with Gasteiger partial charge in [-0.1, -0.05) is 95.8 Å². The molecule has 6 nitrogen and oxygen atoms in total. The van der Waals surface area contributed by atoms with Crippen LogP contribution in [0.1, 0.15) is 89.5 Å². The van der Waals surface area contributed by atoms with E-state index in [-0.39, 0.29) is 29.5 Å². The van der Waals surface area contributed by atoms with Crippen molar-refractivity contribution in [1.82, 2.24) is 4.90 Å². The number of hydrogen-bond donors (Lipinski definition) is 1. The number of para-hydroxylation sites is 1. The fourth-order valence-corrected chi connectivity index (χ4v) is 5.42. The quantitative estimate of drug-likeness (QED) is 0.136. The highest BCUT2D eigenvalue weighted by molar-refractivity contribution is 8.93. The summed E-state index contributed by atoms with van der Waals surface area (Å²) in [4.78, 5) is 14.8. The third-order valence-corrected chi connectivity index (χ3v) is 7.79. The van der Waals surface area contributed by atoms with E-state index in [1.807, 2.05) is 42.5 Å². The Morgan fingerprint density at radius 2 is 1.49 bits per heavy atom. The van der Waals surface area contributed by atoms with Gasteiger partial charge in [0.2, 0.25) is 5.75 Å². The first-order chi connectivity index (χ1) is 19.7. The van der Waals surface area contributed by atoms with E-state index >= 15 is 0 Å². The Labute approximate surface area is 262 Å². The lowest BCUT2D eigenvalue weighted by molar-refractivity contribution is -0.118. The Morgan fingerprint density at radius 3 is 2.10 bits per heavy atom. The predicted octanol–water partition coefficient (Wildman–Crippen LogP) is 9.35. The molecule has 0 aliphatic carbocycles. The summed E-state index contributed by atoms with van der Waals surface area (Å²) in [6.45, 7) is 3.61. The van der Waals surface area contributed by atoms with Gasteiger partial charge in [-0.15, -0.1) is 28.7 Å². The largest absolute Gasteiger partial charge is 0.493 e. The molecule has 0 bridgehead atoms. The number of nitrogens with one attached hydrogen (secondary N) is 1. The maximum Gasteiger partial charge on any atom is 0.262 e. The summed E-state index contributed by atoms with van der Waals surface area (Å²) in [6.07, 6.45) is 17.7. The van der Waals surface area contributed by atoms with E-state index in [1.54, 1.807) is 18.9 Å². The van der Waals surface area contributed by atoms with Gasteiger partial charge < -0.3 is 24.4 Å². The summed E-state index contributed by atoms with van der Waals surface area (Å²) < 4.78 is 17.4. The molecule has 0 aromatic heterocycles. The molecule has 0 spiro atoms. The molecule has 0 saturated carbocycles. The van der Waals surface area contributed by atoms with Gasteiger partial charge in [0.15, 0.2) is 18.1 Å². The molecule has 0 fully saturated rings. The highest BCUT2D eigenvalue weighted by Crippen LogP contribution is 2.37. The summed E-state index contributed by atoms with van der Waals surface area (Å²) in [7, 11) is 1.62. The van der Waals surface area contributed by atoms with E-state index in [1.165, 1.54) is 69.8 Å². The van der Waals surface area contributed by atoms with Crippen molar-refractivity contribution in [1.29, 1.82) is 0 Å². The van der Waals surface area contributed by atoms with Crippen LogP contribution in [0.4, 0.5) is 5.69 Å². The maximum atomic E-state index is 12.6. The Kier molecular flexibility index (Phi) is 18.2. The first-order valence-corrected chi connectivity index (χ1v) is 16.1. The fourth-order valence-electron chi connectivity index (χ4n) is 4.71. The Morgan fingerprint density at radius 1 is 0.854 bits per heavy atom. The molecular weight excluding hydrogens is 600 g/mol. The number of carbonyl (C=O) groups is 1. The topological polar surface area (TPSA) is 60.0 Å². The molecule has 0 radical (unpaired) electrons. The lowest BCUT2D eigenvalue weighted by Gasteiger charge is -2.16. The molecule has 3 rings (SSSR count). The van der Waals surface area contributed by atoms with Crippen LogP contribution in [0, 0.1) is 0 Å². The second kappa shape index (κ2) is 21.4. The lowest BCUT2D eigenvalue weighted by atomic mass is 10.1. The van der Waals surface area contributed by atoms with Crippen molar-refractivity contribution in [2.45, 2.75) is 90.5 Å². The number of benzene rings is 2. The van der Waals surface area contributed by atoms with Gasteiger partial charge >= 0.3 is 0 Å². The summed E-state index contributed by atoms with van der Waals surface area (Å²) in [5.74, 6) is 2.44. The second-order valence-corrected chi connectivity index (χ2v) is 11.3. The molecule has 0 atom stereocenters. The Hall–Kier alpha value is -2.32. The molecule has 2 aromatic carbocycles. The molecule has 1 heterocycles. The molecular formula is C33H49BrN2O4S. The normalized spacial score (nSPS) is 12.2. The van der Waals surface area contributed by atoms with E-state index in [2.05, 4.69) is 28.7 Å². The summed E-state index contributed by atoms with van der Waals surface area (Å²) >= 11 is 1.79. The third-order valence-electron chi connectivity index (χ3n) is 7.00. The summed E-state index contributed by atoms with van der Waals surface area (Å²) in [5.41, 5.74) is 1.95. The van der Waals surface area contributed by atoms with Crippen molar-refractivity contribution in [2.24, 2.45) is 0 Å². The van der Waals surface area contributed by atoms with Crippen LogP contribution in [0.5, 0.6) is 17.2 Å².